The predicted octanol–water partition coefficient (Wildman–Crippen LogP) is 3.50. The van der Waals surface area contributed by atoms with Crippen LogP contribution in [0.5, 0.6) is 11.5 Å². The molecular weight excluding hydrogens is 314 g/mol. The standard InChI is InChI=1S/C21H17NO3/c1-13-3-2-4-14(7-13)8-17-15(11-23)9-18-16(19(17)10-22)5-6-20-21(18)25-12-24-20/h2-7,17,19H,8-9,12H2,1H3. The van der Waals surface area contributed by atoms with Crippen molar-refractivity contribution in [2.45, 2.75) is 25.7 Å². The molecule has 1 aliphatic heterocycles. The van der Waals surface area contributed by atoms with Crippen molar-refractivity contribution in [2.24, 2.45) is 5.92 Å². The highest BCUT2D eigenvalue weighted by Gasteiger charge is 2.37. The van der Waals surface area contributed by atoms with Gasteiger partial charge in [0.15, 0.2) is 11.5 Å². The molecule has 2 unspecified atom stereocenters. The summed E-state index contributed by atoms with van der Waals surface area (Å²) in [6.07, 6.45) is 1.11. The molecule has 0 radical (unpaired) electrons. The maximum absolute atomic E-state index is 11.7. The van der Waals surface area contributed by atoms with Gasteiger partial charge < -0.3 is 9.47 Å². The third kappa shape index (κ3) is 2.59. The first-order valence-electron chi connectivity index (χ1n) is 8.31. The zero-order valence-electron chi connectivity index (χ0n) is 13.9. The molecule has 2 atom stereocenters. The van der Waals surface area contributed by atoms with Crippen molar-refractivity contribution in [1.82, 2.24) is 0 Å². The molecule has 1 heterocycles. The molecule has 2 aromatic carbocycles. The van der Waals surface area contributed by atoms with Gasteiger partial charge in [-0.3, -0.25) is 0 Å². The molecule has 0 N–H and O–H groups in total. The number of ether oxygens (including phenoxy) is 2. The lowest BCUT2D eigenvalue weighted by molar-refractivity contribution is 0.173. The van der Waals surface area contributed by atoms with E-state index in [0.717, 1.165) is 16.7 Å². The second-order valence-electron chi connectivity index (χ2n) is 6.58. The maximum atomic E-state index is 11.7. The van der Waals surface area contributed by atoms with Gasteiger partial charge in [-0.15, -0.1) is 0 Å². The number of aryl methyl sites for hydroxylation is 1. The Bertz CT molecular complexity index is 935. The van der Waals surface area contributed by atoms with E-state index < -0.39 is 5.92 Å². The normalized spacial score (nSPS) is 20.6. The summed E-state index contributed by atoms with van der Waals surface area (Å²) in [5.41, 5.74) is 4.75. The van der Waals surface area contributed by atoms with Crippen LogP contribution in [0.1, 0.15) is 28.2 Å². The molecule has 4 heteroatoms. The van der Waals surface area contributed by atoms with Crippen molar-refractivity contribution in [3.05, 3.63) is 64.2 Å². The fourth-order valence-corrected chi connectivity index (χ4v) is 3.86. The molecule has 0 saturated heterocycles. The van der Waals surface area contributed by atoms with Crippen molar-refractivity contribution < 1.29 is 14.3 Å². The van der Waals surface area contributed by atoms with Gasteiger partial charge in [-0.2, -0.15) is 5.26 Å². The van der Waals surface area contributed by atoms with E-state index in [9.17, 15) is 10.1 Å². The van der Waals surface area contributed by atoms with Crippen molar-refractivity contribution in [3.8, 4) is 17.6 Å². The van der Waals surface area contributed by atoms with Gasteiger partial charge >= 0.3 is 0 Å². The molecule has 0 saturated carbocycles. The minimum atomic E-state index is -0.393. The van der Waals surface area contributed by atoms with Crippen LogP contribution in [0.4, 0.5) is 0 Å². The number of fused-ring (bicyclic) bond motifs is 3. The zero-order valence-corrected chi connectivity index (χ0v) is 13.9. The molecule has 0 amide bonds. The van der Waals surface area contributed by atoms with Gasteiger partial charge in [0.2, 0.25) is 6.79 Å². The molecule has 4 nitrogen and oxygen atoms in total. The fraction of sp³-hybridized carbons (Fsp3) is 0.286. The summed E-state index contributed by atoms with van der Waals surface area (Å²) in [5.74, 6) is 2.89. The number of hydrogen-bond donors (Lipinski definition) is 0. The number of carbonyl (C=O) groups excluding carboxylic acids is 1. The molecule has 2 aromatic rings. The van der Waals surface area contributed by atoms with Gasteiger partial charge in [0, 0.05) is 23.5 Å². The predicted molar refractivity (Wildman–Crippen MR) is 92.2 cm³/mol. The van der Waals surface area contributed by atoms with Gasteiger partial charge in [0.25, 0.3) is 0 Å². The average molecular weight is 331 g/mol. The Labute approximate surface area is 146 Å². The third-order valence-corrected chi connectivity index (χ3v) is 5.04. The molecule has 0 fully saturated rings. The highest BCUT2D eigenvalue weighted by atomic mass is 16.7. The Kier molecular flexibility index (Phi) is 3.80. The summed E-state index contributed by atoms with van der Waals surface area (Å²) < 4.78 is 11.0. The van der Waals surface area contributed by atoms with Crippen LogP contribution in [0.3, 0.4) is 0 Å². The lowest BCUT2D eigenvalue weighted by atomic mass is 9.70. The number of allylic oxidation sites excluding steroid dienone is 1. The zero-order chi connectivity index (χ0) is 17.4. The molecule has 1 aliphatic carbocycles. The van der Waals surface area contributed by atoms with Gasteiger partial charge in [0.1, 0.15) is 5.94 Å². The first-order valence-corrected chi connectivity index (χ1v) is 8.31. The van der Waals surface area contributed by atoms with Crippen LogP contribution in [0.25, 0.3) is 0 Å². The lowest BCUT2D eigenvalue weighted by Crippen LogP contribution is -2.25. The topological polar surface area (TPSA) is 59.3 Å². The van der Waals surface area contributed by atoms with E-state index in [1.165, 1.54) is 5.56 Å². The van der Waals surface area contributed by atoms with Crippen LogP contribution < -0.4 is 9.47 Å². The highest BCUT2D eigenvalue weighted by molar-refractivity contribution is 5.64. The van der Waals surface area contributed by atoms with Crippen LogP contribution in [-0.4, -0.2) is 12.7 Å². The summed E-state index contributed by atoms with van der Waals surface area (Å²) in [7, 11) is 0. The Morgan fingerprint density at radius 1 is 1.24 bits per heavy atom. The van der Waals surface area contributed by atoms with Gasteiger partial charge in [-0.25, -0.2) is 4.79 Å². The highest BCUT2D eigenvalue weighted by Crippen LogP contribution is 2.47. The maximum Gasteiger partial charge on any atom is 0.231 e. The summed E-state index contributed by atoms with van der Waals surface area (Å²) >= 11 is 0. The molecular formula is C21H17NO3. The summed E-state index contributed by atoms with van der Waals surface area (Å²) in [6, 6.07) is 14.4. The summed E-state index contributed by atoms with van der Waals surface area (Å²) in [5, 5.41) is 9.84. The second-order valence-corrected chi connectivity index (χ2v) is 6.58. The fourth-order valence-electron chi connectivity index (χ4n) is 3.86. The SMILES string of the molecule is Cc1cccc(CC2C(=C=O)Cc3c(ccc4c3OCO4)C2C#N)c1. The van der Waals surface area contributed by atoms with E-state index >= 15 is 0 Å². The van der Waals surface area contributed by atoms with Gasteiger partial charge in [-0.05, 0) is 30.5 Å². The Balaban J connectivity index is 1.78. The molecule has 2 aliphatic rings. The van der Waals surface area contributed by atoms with E-state index in [-0.39, 0.29) is 12.7 Å². The Morgan fingerprint density at radius 2 is 2.12 bits per heavy atom. The van der Waals surface area contributed by atoms with Crippen LogP contribution in [0.15, 0.2) is 42.0 Å². The summed E-state index contributed by atoms with van der Waals surface area (Å²) in [6.45, 7) is 2.22. The number of rotatable bonds is 2. The molecule has 0 aromatic heterocycles. The number of benzene rings is 2. The van der Waals surface area contributed by atoms with E-state index in [1.807, 2.05) is 37.3 Å². The van der Waals surface area contributed by atoms with Crippen LogP contribution in [-0.2, 0) is 17.6 Å². The lowest BCUT2D eigenvalue weighted by Gasteiger charge is -2.30. The quantitative estimate of drug-likeness (QED) is 0.790. The van der Waals surface area contributed by atoms with Gasteiger partial charge in [0.05, 0.1) is 12.0 Å². The number of nitrogens with zero attached hydrogens (tertiary/aromatic N) is 1. The minimum absolute atomic E-state index is 0.169. The van der Waals surface area contributed by atoms with Crippen molar-refractivity contribution >= 4 is 5.94 Å². The number of nitriles is 1. The average Bonchev–Trinajstić information content (AvgIpc) is 3.10. The Hall–Kier alpha value is -3.02. The first kappa shape index (κ1) is 15.5. The largest absolute Gasteiger partial charge is 0.454 e. The van der Waals surface area contributed by atoms with E-state index in [2.05, 4.69) is 18.1 Å². The van der Waals surface area contributed by atoms with Crippen LogP contribution in [0, 0.1) is 24.2 Å². The first-order chi connectivity index (χ1) is 12.2. The van der Waals surface area contributed by atoms with Crippen LogP contribution >= 0.6 is 0 Å². The van der Waals surface area contributed by atoms with Crippen LogP contribution in [0.2, 0.25) is 0 Å². The molecule has 124 valence electrons. The Morgan fingerprint density at radius 3 is 2.88 bits per heavy atom. The number of hydrogen-bond acceptors (Lipinski definition) is 4. The van der Waals surface area contributed by atoms with Crippen molar-refractivity contribution in [1.29, 1.82) is 5.26 Å². The van der Waals surface area contributed by atoms with E-state index in [0.29, 0.717) is 29.9 Å². The van der Waals surface area contributed by atoms with E-state index in [1.54, 1.807) is 0 Å². The molecule has 0 bridgehead atoms. The van der Waals surface area contributed by atoms with Crippen molar-refractivity contribution in [2.75, 3.05) is 6.79 Å². The van der Waals surface area contributed by atoms with E-state index in [4.69, 9.17) is 9.47 Å². The molecule has 0 spiro atoms. The monoisotopic (exact) mass is 331 g/mol. The summed E-state index contributed by atoms with van der Waals surface area (Å²) in [4.78, 5) is 11.7. The molecule has 25 heavy (non-hydrogen) atoms. The smallest absolute Gasteiger partial charge is 0.231 e. The molecule has 4 rings (SSSR count). The minimum Gasteiger partial charge on any atom is -0.454 e. The second kappa shape index (κ2) is 6.12. The third-order valence-electron chi connectivity index (χ3n) is 5.04. The van der Waals surface area contributed by atoms with Crippen molar-refractivity contribution in [3.63, 3.8) is 0 Å². The van der Waals surface area contributed by atoms with Gasteiger partial charge in [-0.1, -0.05) is 35.9 Å².